The van der Waals surface area contributed by atoms with Crippen molar-refractivity contribution in [1.82, 2.24) is 9.80 Å². The zero-order chi connectivity index (χ0) is 27.2. The van der Waals surface area contributed by atoms with Gasteiger partial charge in [-0.25, -0.2) is 9.18 Å². The maximum absolute atomic E-state index is 13.7. The summed E-state index contributed by atoms with van der Waals surface area (Å²) in [5.74, 6) is -1.62. The molecule has 3 aromatic rings. The Morgan fingerprint density at radius 3 is 2.42 bits per heavy atom. The number of nitrogens with two attached hydrogens (primary N) is 1. The molecule has 0 bridgehead atoms. The molecule has 8 heteroatoms. The molecule has 0 aromatic heterocycles. The maximum atomic E-state index is 13.7. The van der Waals surface area contributed by atoms with Crippen molar-refractivity contribution in [2.75, 3.05) is 20.2 Å². The van der Waals surface area contributed by atoms with Crippen LogP contribution in [-0.4, -0.2) is 65.9 Å². The van der Waals surface area contributed by atoms with Gasteiger partial charge in [0.25, 0.3) is 0 Å². The van der Waals surface area contributed by atoms with E-state index < -0.39 is 24.1 Å². The van der Waals surface area contributed by atoms with Gasteiger partial charge in [-0.15, -0.1) is 6.58 Å². The molecule has 0 aliphatic carbocycles. The lowest BCUT2D eigenvalue weighted by Crippen LogP contribution is -2.64. The quantitative estimate of drug-likeness (QED) is 0.348. The molecule has 198 valence electrons. The van der Waals surface area contributed by atoms with Crippen LogP contribution >= 0.6 is 0 Å². The van der Waals surface area contributed by atoms with E-state index in [9.17, 15) is 18.8 Å². The van der Waals surface area contributed by atoms with Crippen molar-refractivity contribution in [3.63, 3.8) is 0 Å². The summed E-state index contributed by atoms with van der Waals surface area (Å²) in [5.41, 5.74) is 7.84. The highest BCUT2D eigenvalue weighted by atomic mass is 19.1. The zero-order valence-corrected chi connectivity index (χ0v) is 21.4. The molecule has 3 atom stereocenters. The molecule has 3 aromatic carbocycles. The number of esters is 1. The van der Waals surface area contributed by atoms with Crippen molar-refractivity contribution in [3.8, 4) is 0 Å². The summed E-state index contributed by atoms with van der Waals surface area (Å²) in [6.07, 6.45) is 2.28. The van der Waals surface area contributed by atoms with Crippen molar-refractivity contribution in [1.29, 1.82) is 0 Å². The molecule has 3 unspecified atom stereocenters. The molecule has 38 heavy (non-hydrogen) atoms. The Morgan fingerprint density at radius 1 is 1.05 bits per heavy atom. The van der Waals surface area contributed by atoms with Gasteiger partial charge in [0.15, 0.2) is 0 Å². The fraction of sp³-hybridized carbons (Fsp3) is 0.300. The third kappa shape index (κ3) is 5.92. The number of hydrogen-bond acceptors (Lipinski definition) is 5. The van der Waals surface area contributed by atoms with Gasteiger partial charge in [-0.1, -0.05) is 60.7 Å². The molecular formula is C30H32FN3O4. The number of hydrogen-bond donors (Lipinski definition) is 1. The number of halogens is 1. The molecule has 2 N–H and O–H groups in total. The van der Waals surface area contributed by atoms with Gasteiger partial charge in [0.1, 0.15) is 17.9 Å². The van der Waals surface area contributed by atoms with E-state index in [1.165, 1.54) is 29.0 Å². The summed E-state index contributed by atoms with van der Waals surface area (Å²) in [4.78, 5) is 42.9. The van der Waals surface area contributed by atoms with Crippen LogP contribution in [0, 0.1) is 5.82 Å². The monoisotopic (exact) mass is 517 g/mol. The third-order valence-electron chi connectivity index (χ3n) is 6.98. The topological polar surface area (TPSA) is 92.9 Å². The van der Waals surface area contributed by atoms with Gasteiger partial charge in [0, 0.05) is 19.5 Å². The highest BCUT2D eigenvalue weighted by Crippen LogP contribution is 2.23. The van der Waals surface area contributed by atoms with E-state index in [0.29, 0.717) is 0 Å². The van der Waals surface area contributed by atoms with Crippen molar-refractivity contribution in [2.45, 2.75) is 37.4 Å². The SMILES string of the molecule is C=CCC1C(=O)N(C(Cc2ccc3ccccc3c2)C(=O)OC)CCN1C(=O)C(N)Cc1ccc(F)cc1. The van der Waals surface area contributed by atoms with E-state index in [1.807, 2.05) is 42.5 Å². The summed E-state index contributed by atoms with van der Waals surface area (Å²) < 4.78 is 18.3. The molecule has 4 rings (SSSR count). The minimum atomic E-state index is -0.902. The molecule has 1 heterocycles. The first-order valence-corrected chi connectivity index (χ1v) is 12.6. The number of methoxy groups -OCH3 is 1. The van der Waals surface area contributed by atoms with Crippen molar-refractivity contribution in [2.24, 2.45) is 5.73 Å². The molecule has 7 nitrogen and oxygen atoms in total. The fourth-order valence-corrected chi connectivity index (χ4v) is 4.99. The summed E-state index contributed by atoms with van der Waals surface area (Å²) in [6, 6.07) is 17.1. The van der Waals surface area contributed by atoms with Gasteiger partial charge in [0.05, 0.1) is 13.2 Å². The first kappa shape index (κ1) is 27.0. The predicted molar refractivity (Wildman–Crippen MR) is 144 cm³/mol. The Balaban J connectivity index is 1.53. The van der Waals surface area contributed by atoms with Crippen LogP contribution in [0.15, 0.2) is 79.4 Å². The fourth-order valence-electron chi connectivity index (χ4n) is 4.99. The van der Waals surface area contributed by atoms with Gasteiger partial charge < -0.3 is 20.3 Å². The normalized spacial score (nSPS) is 17.2. The van der Waals surface area contributed by atoms with E-state index in [1.54, 1.807) is 18.2 Å². The number of rotatable bonds is 9. The largest absolute Gasteiger partial charge is 0.467 e. The average Bonchev–Trinajstić information content (AvgIpc) is 2.93. The number of amides is 2. The van der Waals surface area contributed by atoms with Gasteiger partial charge in [0.2, 0.25) is 11.8 Å². The number of piperazine rings is 1. The summed E-state index contributed by atoms with van der Waals surface area (Å²) >= 11 is 0. The molecule has 0 spiro atoms. The number of benzene rings is 3. The summed E-state index contributed by atoms with van der Waals surface area (Å²) in [7, 11) is 1.30. The Morgan fingerprint density at radius 2 is 1.74 bits per heavy atom. The van der Waals surface area contributed by atoms with Crippen LogP contribution in [0.25, 0.3) is 10.8 Å². The third-order valence-corrected chi connectivity index (χ3v) is 6.98. The Hall–Kier alpha value is -4.04. The van der Waals surface area contributed by atoms with Crippen LogP contribution < -0.4 is 5.73 Å². The van der Waals surface area contributed by atoms with Crippen molar-refractivity contribution in [3.05, 3.63) is 96.3 Å². The van der Waals surface area contributed by atoms with Crippen LogP contribution in [0.1, 0.15) is 17.5 Å². The number of fused-ring (bicyclic) bond motifs is 1. The van der Waals surface area contributed by atoms with Crippen LogP contribution in [0.3, 0.4) is 0 Å². The lowest BCUT2D eigenvalue weighted by molar-refractivity contribution is -0.161. The number of nitrogens with zero attached hydrogens (tertiary/aromatic N) is 2. The Kier molecular flexibility index (Phi) is 8.53. The minimum absolute atomic E-state index is 0.162. The first-order valence-electron chi connectivity index (χ1n) is 12.6. The van der Waals surface area contributed by atoms with Gasteiger partial charge in [-0.3, -0.25) is 9.59 Å². The van der Waals surface area contributed by atoms with Gasteiger partial charge in [-0.2, -0.15) is 0 Å². The highest BCUT2D eigenvalue weighted by molar-refractivity contribution is 5.93. The molecule has 1 aliphatic heterocycles. The van der Waals surface area contributed by atoms with Crippen molar-refractivity contribution < 1.29 is 23.5 Å². The zero-order valence-electron chi connectivity index (χ0n) is 21.4. The smallest absolute Gasteiger partial charge is 0.328 e. The number of carbonyl (C=O) groups excluding carboxylic acids is 3. The number of carbonyl (C=O) groups is 3. The van der Waals surface area contributed by atoms with Crippen LogP contribution in [0.5, 0.6) is 0 Å². The second-order valence-corrected chi connectivity index (χ2v) is 9.47. The van der Waals surface area contributed by atoms with Gasteiger partial charge in [-0.05, 0) is 46.9 Å². The Bertz CT molecular complexity index is 1330. The Labute approximate surface area is 221 Å². The molecule has 1 fully saturated rings. The molecule has 0 radical (unpaired) electrons. The summed E-state index contributed by atoms with van der Waals surface area (Å²) in [5, 5.41) is 2.12. The molecule has 0 saturated carbocycles. The van der Waals surface area contributed by atoms with Crippen molar-refractivity contribution >= 4 is 28.6 Å². The van der Waals surface area contributed by atoms with Crippen LogP contribution in [-0.2, 0) is 32.0 Å². The second-order valence-electron chi connectivity index (χ2n) is 9.47. The highest BCUT2D eigenvalue weighted by Gasteiger charge is 2.42. The lowest BCUT2D eigenvalue weighted by Gasteiger charge is -2.43. The van der Waals surface area contributed by atoms with E-state index >= 15 is 0 Å². The lowest BCUT2D eigenvalue weighted by atomic mass is 9.97. The molecule has 2 amide bonds. The minimum Gasteiger partial charge on any atom is -0.467 e. The van der Waals surface area contributed by atoms with E-state index in [-0.39, 0.29) is 50.0 Å². The van der Waals surface area contributed by atoms with E-state index in [4.69, 9.17) is 10.5 Å². The predicted octanol–water partition coefficient (Wildman–Crippen LogP) is 3.25. The van der Waals surface area contributed by atoms with E-state index in [2.05, 4.69) is 6.58 Å². The standard InChI is InChI=1S/C30H32FN3O4/c1-3-6-26-29(36)34(16-15-33(26)28(35)25(32)18-20-10-13-24(31)14-11-20)27(30(37)38-2)19-21-9-12-22-7-4-5-8-23(22)17-21/h3-5,7-14,17,25-27H,1,6,15-16,18-19,32H2,2H3. The first-order chi connectivity index (χ1) is 18.3. The molecular weight excluding hydrogens is 485 g/mol. The summed E-state index contributed by atoms with van der Waals surface area (Å²) in [6.45, 7) is 4.13. The van der Waals surface area contributed by atoms with Crippen LogP contribution in [0.2, 0.25) is 0 Å². The average molecular weight is 518 g/mol. The van der Waals surface area contributed by atoms with Gasteiger partial charge >= 0.3 is 5.97 Å². The maximum Gasteiger partial charge on any atom is 0.328 e. The van der Waals surface area contributed by atoms with E-state index in [0.717, 1.165) is 21.9 Å². The van der Waals surface area contributed by atoms with Crippen LogP contribution in [0.4, 0.5) is 4.39 Å². The second kappa shape index (κ2) is 12.0. The molecule has 1 aliphatic rings. The molecule has 1 saturated heterocycles. The number of ether oxygens (including phenoxy) is 1.